The van der Waals surface area contributed by atoms with Crippen LogP contribution in [-0.4, -0.2) is 15.1 Å². The second kappa shape index (κ2) is 9.94. The predicted molar refractivity (Wildman–Crippen MR) is 126 cm³/mol. The molecule has 0 saturated heterocycles. The van der Waals surface area contributed by atoms with Crippen molar-refractivity contribution in [3.05, 3.63) is 106 Å². The Morgan fingerprint density at radius 1 is 1.00 bits per heavy atom. The lowest BCUT2D eigenvalue weighted by atomic mass is 10.1. The zero-order valence-corrected chi connectivity index (χ0v) is 19.0. The minimum Gasteiger partial charge on any atom is -0.441 e. The lowest BCUT2D eigenvalue weighted by Gasteiger charge is -2.06. The molecule has 1 atom stereocenters. The van der Waals surface area contributed by atoms with Crippen LogP contribution in [0, 0.1) is 6.92 Å². The Morgan fingerprint density at radius 3 is 2.38 bits per heavy atom. The molecule has 0 fully saturated rings. The van der Waals surface area contributed by atoms with E-state index in [0.717, 1.165) is 16.0 Å². The Bertz CT molecular complexity index is 1240. The molecule has 5 nitrogen and oxygen atoms in total. The first-order valence-corrected chi connectivity index (χ1v) is 11.7. The van der Waals surface area contributed by atoms with Crippen LogP contribution in [0.5, 0.6) is 0 Å². The number of amides is 1. The lowest BCUT2D eigenvalue weighted by molar-refractivity contribution is 0.0951. The summed E-state index contributed by atoms with van der Waals surface area (Å²) < 4.78 is 18.4. The zero-order chi connectivity index (χ0) is 22.5. The van der Waals surface area contributed by atoms with Crippen LogP contribution >= 0.6 is 11.6 Å². The fraction of sp³-hybridized carbons (Fsp3) is 0.120. The van der Waals surface area contributed by atoms with Crippen LogP contribution in [0.2, 0.25) is 5.02 Å². The predicted octanol–water partition coefficient (Wildman–Crippen LogP) is 5.54. The van der Waals surface area contributed by atoms with Crippen LogP contribution in [0.25, 0.3) is 11.5 Å². The van der Waals surface area contributed by atoms with Gasteiger partial charge in [-0.25, -0.2) is 4.98 Å². The van der Waals surface area contributed by atoms with E-state index in [4.69, 9.17) is 16.0 Å². The normalized spacial score (nSPS) is 11.8. The van der Waals surface area contributed by atoms with Crippen molar-refractivity contribution in [1.29, 1.82) is 0 Å². The summed E-state index contributed by atoms with van der Waals surface area (Å²) in [6.07, 6.45) is 0. The van der Waals surface area contributed by atoms with Gasteiger partial charge in [0, 0.05) is 27.6 Å². The fourth-order valence-electron chi connectivity index (χ4n) is 3.12. The van der Waals surface area contributed by atoms with Crippen molar-refractivity contribution in [1.82, 2.24) is 10.3 Å². The van der Waals surface area contributed by atoms with Crippen molar-refractivity contribution >= 4 is 28.3 Å². The van der Waals surface area contributed by atoms with E-state index < -0.39 is 10.8 Å². The van der Waals surface area contributed by atoms with Gasteiger partial charge in [0.2, 0.25) is 5.89 Å². The van der Waals surface area contributed by atoms with Gasteiger partial charge in [-0.3, -0.25) is 9.00 Å². The quantitative estimate of drug-likeness (QED) is 0.389. The third-order valence-corrected chi connectivity index (χ3v) is 6.51. The minimum atomic E-state index is -1.20. The minimum absolute atomic E-state index is 0.172. The van der Waals surface area contributed by atoms with Crippen LogP contribution in [-0.2, 0) is 23.1 Å². The van der Waals surface area contributed by atoms with Gasteiger partial charge in [0.05, 0.1) is 22.2 Å². The number of carbonyl (C=O) groups excluding carboxylic acids is 1. The van der Waals surface area contributed by atoms with Crippen LogP contribution in [0.3, 0.4) is 0 Å². The maximum Gasteiger partial charge on any atom is 0.251 e. The second-order valence-corrected chi connectivity index (χ2v) is 9.10. The molecule has 1 N–H and O–H groups in total. The first kappa shape index (κ1) is 22.0. The maximum atomic E-state index is 12.6. The van der Waals surface area contributed by atoms with Crippen LogP contribution in [0.4, 0.5) is 0 Å². The first-order valence-electron chi connectivity index (χ1n) is 10.0. The monoisotopic (exact) mass is 464 g/mol. The number of hydrogen-bond donors (Lipinski definition) is 1. The van der Waals surface area contributed by atoms with Crippen LogP contribution in [0.15, 0.2) is 88.2 Å². The number of hydrogen-bond acceptors (Lipinski definition) is 4. The average Bonchev–Trinajstić information content (AvgIpc) is 3.19. The summed E-state index contributed by atoms with van der Waals surface area (Å²) >= 11 is 5.88. The molecule has 0 aliphatic carbocycles. The first-order chi connectivity index (χ1) is 15.5. The number of aromatic nitrogens is 1. The number of benzene rings is 3. The van der Waals surface area contributed by atoms with Gasteiger partial charge in [-0.1, -0.05) is 41.9 Å². The largest absolute Gasteiger partial charge is 0.441 e. The van der Waals surface area contributed by atoms with Crippen molar-refractivity contribution < 1.29 is 13.4 Å². The van der Waals surface area contributed by atoms with Gasteiger partial charge in [-0.05, 0) is 61.0 Å². The van der Waals surface area contributed by atoms with E-state index in [2.05, 4.69) is 10.3 Å². The zero-order valence-electron chi connectivity index (χ0n) is 17.4. The van der Waals surface area contributed by atoms with E-state index in [9.17, 15) is 9.00 Å². The third kappa shape index (κ3) is 5.33. The number of rotatable bonds is 7. The average molecular weight is 465 g/mol. The summed E-state index contributed by atoms with van der Waals surface area (Å²) in [5.74, 6) is 1.18. The number of nitrogens with one attached hydrogen (secondary N) is 1. The van der Waals surface area contributed by atoms with E-state index >= 15 is 0 Å². The SMILES string of the molecule is Cc1oc(-c2ccc(C(=O)NCc3ccc(Cl)cc3)cc2)nc1CS(=O)c1ccccc1. The van der Waals surface area contributed by atoms with E-state index in [1.165, 1.54) is 0 Å². The molecule has 0 saturated carbocycles. The molecular weight excluding hydrogens is 444 g/mol. The van der Waals surface area contributed by atoms with E-state index in [1.807, 2.05) is 49.4 Å². The molecule has 4 aromatic rings. The van der Waals surface area contributed by atoms with Crippen molar-refractivity contribution in [2.45, 2.75) is 24.1 Å². The van der Waals surface area contributed by atoms with Gasteiger partial charge < -0.3 is 9.73 Å². The smallest absolute Gasteiger partial charge is 0.251 e. The molecule has 3 aromatic carbocycles. The molecule has 1 amide bonds. The van der Waals surface area contributed by atoms with Crippen molar-refractivity contribution in [3.63, 3.8) is 0 Å². The standard InChI is InChI=1S/C25H21ClN2O3S/c1-17-23(16-32(30)22-5-3-2-4-6-22)28-25(31-17)20-11-9-19(10-12-20)24(29)27-15-18-7-13-21(26)14-8-18/h2-14H,15-16H2,1H3,(H,27,29). The van der Waals surface area contributed by atoms with Gasteiger partial charge in [0.15, 0.2) is 0 Å². The van der Waals surface area contributed by atoms with Crippen LogP contribution in [0.1, 0.15) is 27.4 Å². The topological polar surface area (TPSA) is 72.2 Å². The van der Waals surface area contributed by atoms with Crippen molar-refractivity contribution in [3.8, 4) is 11.5 Å². The summed E-state index contributed by atoms with van der Waals surface area (Å²) in [7, 11) is -1.20. The van der Waals surface area contributed by atoms with Crippen molar-refractivity contribution in [2.24, 2.45) is 0 Å². The Hall–Kier alpha value is -3.22. The molecule has 0 aliphatic heterocycles. The molecule has 0 radical (unpaired) electrons. The van der Waals surface area contributed by atoms with Crippen LogP contribution < -0.4 is 5.32 Å². The number of nitrogens with zero attached hydrogens (tertiary/aromatic N) is 1. The van der Waals surface area contributed by atoms with Crippen molar-refractivity contribution in [2.75, 3.05) is 0 Å². The Balaban J connectivity index is 1.41. The third-order valence-electron chi connectivity index (χ3n) is 4.93. The van der Waals surface area contributed by atoms with E-state index in [-0.39, 0.29) is 11.7 Å². The second-order valence-electron chi connectivity index (χ2n) is 7.21. The van der Waals surface area contributed by atoms with Gasteiger partial charge in [0.25, 0.3) is 5.91 Å². The molecule has 1 aromatic heterocycles. The highest BCUT2D eigenvalue weighted by molar-refractivity contribution is 7.84. The summed E-state index contributed by atoms with van der Waals surface area (Å²) in [5.41, 5.74) is 2.91. The van der Waals surface area contributed by atoms with E-state index in [0.29, 0.717) is 34.5 Å². The van der Waals surface area contributed by atoms with Gasteiger partial charge >= 0.3 is 0 Å². The summed E-state index contributed by atoms with van der Waals surface area (Å²) in [5, 5.41) is 3.55. The highest BCUT2D eigenvalue weighted by Gasteiger charge is 2.15. The molecule has 1 unspecified atom stereocenters. The summed E-state index contributed by atoms with van der Waals surface area (Å²) in [4.78, 5) is 17.7. The Labute approximate surface area is 193 Å². The number of aryl methyl sites for hydroxylation is 1. The molecule has 4 rings (SSSR count). The van der Waals surface area contributed by atoms with Gasteiger partial charge in [-0.2, -0.15) is 0 Å². The fourth-order valence-corrected chi connectivity index (χ4v) is 4.39. The number of oxazole rings is 1. The molecule has 0 spiro atoms. The lowest BCUT2D eigenvalue weighted by Crippen LogP contribution is -2.22. The highest BCUT2D eigenvalue weighted by atomic mass is 35.5. The van der Waals surface area contributed by atoms with E-state index in [1.54, 1.807) is 36.4 Å². The molecule has 0 bridgehead atoms. The molecular formula is C25H21ClN2O3S. The Kier molecular flexibility index (Phi) is 6.83. The van der Waals surface area contributed by atoms with Gasteiger partial charge in [-0.15, -0.1) is 0 Å². The highest BCUT2D eigenvalue weighted by Crippen LogP contribution is 2.24. The molecule has 1 heterocycles. The summed E-state index contributed by atoms with van der Waals surface area (Å²) in [6, 6.07) is 23.7. The molecule has 162 valence electrons. The number of carbonyl (C=O) groups is 1. The molecule has 32 heavy (non-hydrogen) atoms. The Morgan fingerprint density at radius 2 is 1.69 bits per heavy atom. The molecule has 0 aliphatic rings. The molecule has 7 heteroatoms. The maximum absolute atomic E-state index is 12.6. The number of halogens is 1. The summed E-state index contributed by atoms with van der Waals surface area (Å²) in [6.45, 7) is 2.23. The van der Waals surface area contributed by atoms with Gasteiger partial charge in [0.1, 0.15) is 5.76 Å².